The van der Waals surface area contributed by atoms with Crippen LogP contribution in [0.5, 0.6) is 5.75 Å². The number of anilines is 1. The van der Waals surface area contributed by atoms with Gasteiger partial charge < -0.3 is 24.6 Å². The maximum absolute atomic E-state index is 14.1. The van der Waals surface area contributed by atoms with Crippen molar-refractivity contribution in [2.75, 3.05) is 58.3 Å². The Labute approximate surface area is 418 Å². The van der Waals surface area contributed by atoms with Gasteiger partial charge in [-0.05, 0) is 169 Å². The molecule has 4 aliphatic rings. The van der Waals surface area contributed by atoms with Crippen molar-refractivity contribution in [1.29, 1.82) is 0 Å². The van der Waals surface area contributed by atoms with E-state index >= 15 is 0 Å². The lowest BCUT2D eigenvalue weighted by Crippen LogP contribution is -2.41. The number of halogens is 3. The maximum Gasteiger partial charge on any atom is 0.284 e. The third kappa shape index (κ3) is 16.5. The molecule has 3 aliphatic heterocycles. The third-order valence-electron chi connectivity index (χ3n) is 14.0. The number of hydrogen-bond donors (Lipinski definition) is 1. The number of aryl methyl sites for hydroxylation is 2. The lowest BCUT2D eigenvalue weighted by atomic mass is 9.88. The number of benzene rings is 2. The fourth-order valence-electron chi connectivity index (χ4n) is 9.30. The molecule has 2 aromatic heterocycles. The molecule has 1 N–H and O–H groups in total. The molecule has 1 saturated carbocycles. The molecule has 1 aliphatic carbocycles. The van der Waals surface area contributed by atoms with Crippen LogP contribution in [0.1, 0.15) is 147 Å². The number of pyridine rings is 2. The summed E-state index contributed by atoms with van der Waals surface area (Å²) in [6.45, 7) is 25.5. The lowest BCUT2D eigenvalue weighted by molar-refractivity contribution is -0.124. The number of aromatic nitrogens is 2. The van der Waals surface area contributed by atoms with Crippen LogP contribution >= 0.6 is 0 Å². The SMILES string of the molecule is C=C1CCC(C)C(=O)N1.CC.CC.CC=O.CCc1cc(N2CCC(CN3CCC(c4ccc([N+](C)(C)c5cc(-c6ccc(OCCCC7(F)CC7)c(C(F)F)n6)ccn5)cc4)CC3)CC2)ccc1C. The van der Waals surface area contributed by atoms with E-state index in [1.165, 1.54) is 61.5 Å². The van der Waals surface area contributed by atoms with Crippen LogP contribution in [0, 0.1) is 18.8 Å². The Morgan fingerprint density at radius 1 is 0.929 bits per heavy atom. The number of allylic oxidation sites excluding steroid dienone is 1. The standard InChI is InChI=1S/C45H57F3N5O.C7H11NO.C2H4O.2C2H6/c1-5-34-29-38(10-7-32(34)2)52-26-16-33(17-27-52)31-51-24-18-36(19-25-51)35-8-11-39(12-9-35)53(3,4)42-30-37(15-23-49-42)40-13-14-41(43(50-40)44(46)47)54-28-6-20-45(48)21-22-45;1-5-3-4-6(2)8-7(5)9;1-2-3;2*1-2/h7-15,23,29-30,33,36,44H,5-6,16-22,24-28,31H2,1-4H3;5H,2-4H2,1H3,(H,8,9);2H,1H3;2*1-2H3/q+1;;;;. The number of piperidine rings is 3. The Morgan fingerprint density at radius 3 is 2.17 bits per heavy atom. The first kappa shape index (κ1) is 57.5. The third-order valence-corrected chi connectivity index (χ3v) is 14.0. The number of likely N-dealkylation sites (tertiary alicyclic amines) is 1. The summed E-state index contributed by atoms with van der Waals surface area (Å²) in [7, 11) is 4.18. The van der Waals surface area contributed by atoms with Crippen LogP contribution in [0.25, 0.3) is 11.3 Å². The number of nitrogens with one attached hydrogen (secondary N) is 1. The number of carbonyl (C=O) groups excluding carboxylic acids is 2. The van der Waals surface area contributed by atoms with Crippen LogP contribution < -0.4 is 19.4 Å². The smallest absolute Gasteiger partial charge is 0.284 e. The van der Waals surface area contributed by atoms with E-state index in [4.69, 9.17) is 14.5 Å². The van der Waals surface area contributed by atoms with Gasteiger partial charge in [0.25, 0.3) is 6.43 Å². The first-order chi connectivity index (χ1) is 33.6. The second kappa shape index (κ2) is 28.1. The van der Waals surface area contributed by atoms with Gasteiger partial charge in [-0.25, -0.2) is 27.6 Å². The van der Waals surface area contributed by atoms with E-state index in [1.807, 2.05) is 40.7 Å². The van der Waals surface area contributed by atoms with E-state index in [-0.39, 0.29) is 24.2 Å². The highest BCUT2D eigenvalue weighted by Gasteiger charge is 2.42. The lowest BCUT2D eigenvalue weighted by Gasteiger charge is -2.38. The van der Waals surface area contributed by atoms with Gasteiger partial charge >= 0.3 is 0 Å². The predicted molar refractivity (Wildman–Crippen MR) is 284 cm³/mol. The molecule has 4 aromatic rings. The highest BCUT2D eigenvalue weighted by Crippen LogP contribution is 2.44. The van der Waals surface area contributed by atoms with E-state index in [0.717, 1.165) is 74.8 Å². The molecule has 5 heterocycles. The van der Waals surface area contributed by atoms with Crippen molar-refractivity contribution in [2.24, 2.45) is 11.8 Å². The summed E-state index contributed by atoms with van der Waals surface area (Å²) in [6, 6.07) is 22.9. The molecule has 12 heteroatoms. The molecule has 384 valence electrons. The van der Waals surface area contributed by atoms with Gasteiger partial charge in [-0.15, -0.1) is 0 Å². The minimum atomic E-state index is -2.79. The van der Waals surface area contributed by atoms with E-state index in [9.17, 15) is 18.0 Å². The van der Waals surface area contributed by atoms with Crippen LogP contribution in [0.3, 0.4) is 0 Å². The largest absolute Gasteiger partial charge is 0.491 e. The fraction of sp³-hybridized carbons (Fsp3) is 0.552. The molecule has 1 amide bonds. The van der Waals surface area contributed by atoms with Crippen LogP contribution in [-0.2, 0) is 16.0 Å². The fourth-order valence-corrected chi connectivity index (χ4v) is 9.30. The van der Waals surface area contributed by atoms with Crippen molar-refractivity contribution in [3.05, 3.63) is 108 Å². The number of ether oxygens (including phenoxy) is 1. The molecule has 70 heavy (non-hydrogen) atoms. The quantitative estimate of drug-likeness (QED) is 0.0765. The molecule has 3 saturated heterocycles. The Hall–Kier alpha value is -5.07. The minimum absolute atomic E-state index is 0.0499. The second-order valence-corrected chi connectivity index (χ2v) is 19.2. The van der Waals surface area contributed by atoms with Gasteiger partial charge in [-0.2, -0.15) is 0 Å². The number of carbonyl (C=O) groups is 2. The molecule has 2 aromatic carbocycles. The summed E-state index contributed by atoms with van der Waals surface area (Å²) in [5.74, 6) is 2.46. The van der Waals surface area contributed by atoms with Gasteiger partial charge in [0.2, 0.25) is 11.7 Å². The van der Waals surface area contributed by atoms with Crippen LogP contribution in [-0.4, -0.2) is 86.2 Å². The molecule has 8 rings (SSSR count). The molecule has 1 unspecified atom stereocenters. The van der Waals surface area contributed by atoms with Gasteiger partial charge in [0.05, 0.1) is 26.4 Å². The summed E-state index contributed by atoms with van der Waals surface area (Å²) in [4.78, 5) is 33.9. The Kier molecular flexibility index (Phi) is 23.1. The number of alkyl halides is 3. The van der Waals surface area contributed by atoms with E-state index in [0.29, 0.717) is 47.3 Å². The molecule has 0 radical (unpaired) electrons. The van der Waals surface area contributed by atoms with Crippen molar-refractivity contribution < 1.29 is 27.5 Å². The highest BCUT2D eigenvalue weighted by molar-refractivity contribution is 5.80. The van der Waals surface area contributed by atoms with E-state index in [1.54, 1.807) is 24.4 Å². The van der Waals surface area contributed by atoms with Gasteiger partial charge in [0, 0.05) is 54.8 Å². The van der Waals surface area contributed by atoms with Gasteiger partial charge in [0.15, 0.2) is 0 Å². The zero-order chi connectivity index (χ0) is 51.4. The first-order valence-corrected chi connectivity index (χ1v) is 26.1. The Bertz CT molecular complexity index is 2230. The first-order valence-electron chi connectivity index (χ1n) is 26.1. The second-order valence-electron chi connectivity index (χ2n) is 19.2. The van der Waals surface area contributed by atoms with Crippen molar-refractivity contribution in [3.63, 3.8) is 0 Å². The number of rotatable bonds is 14. The number of quaternary nitrogens is 1. The van der Waals surface area contributed by atoms with Gasteiger partial charge in [0.1, 0.15) is 29.1 Å². The van der Waals surface area contributed by atoms with Crippen molar-refractivity contribution in [1.82, 2.24) is 24.7 Å². The zero-order valence-electron chi connectivity index (χ0n) is 44.1. The number of nitrogens with zero attached hydrogens (tertiary/aromatic N) is 5. The molecule has 0 bridgehead atoms. The predicted octanol–water partition coefficient (Wildman–Crippen LogP) is 13.9. The summed E-state index contributed by atoms with van der Waals surface area (Å²) >= 11 is 0. The van der Waals surface area contributed by atoms with E-state index < -0.39 is 17.8 Å². The molecular formula is C58H84F3N6O3+. The normalized spacial score (nSPS) is 18.1. The minimum Gasteiger partial charge on any atom is -0.491 e. The average molecular weight is 970 g/mol. The molecule has 4 fully saturated rings. The van der Waals surface area contributed by atoms with Gasteiger partial charge in [-0.1, -0.05) is 66.3 Å². The monoisotopic (exact) mass is 970 g/mol. The molecule has 9 nitrogen and oxygen atoms in total. The zero-order valence-corrected chi connectivity index (χ0v) is 44.1. The molecular weight excluding hydrogens is 886 g/mol. The van der Waals surface area contributed by atoms with Crippen molar-refractivity contribution in [3.8, 4) is 17.0 Å². The number of amides is 1. The topological polar surface area (TPSA) is 87.7 Å². The summed E-state index contributed by atoms with van der Waals surface area (Å²) in [5.41, 5.74) is 7.25. The van der Waals surface area contributed by atoms with Crippen LogP contribution in [0.2, 0.25) is 0 Å². The van der Waals surface area contributed by atoms with Crippen LogP contribution in [0.15, 0.2) is 85.2 Å². The number of aldehydes is 1. The Balaban J connectivity index is 0.000000578. The van der Waals surface area contributed by atoms with Crippen LogP contribution in [0.4, 0.5) is 30.4 Å². The molecule has 0 spiro atoms. The average Bonchev–Trinajstić information content (AvgIpc) is 4.12. The Morgan fingerprint density at radius 2 is 1.59 bits per heavy atom. The van der Waals surface area contributed by atoms with E-state index in [2.05, 4.69) is 97.1 Å². The number of hydrogen-bond acceptors (Lipinski definition) is 7. The van der Waals surface area contributed by atoms with Crippen molar-refractivity contribution in [2.45, 2.75) is 144 Å². The summed E-state index contributed by atoms with van der Waals surface area (Å²) in [5, 5.41) is 2.70. The summed E-state index contributed by atoms with van der Waals surface area (Å²) < 4.78 is 48.1. The molecule has 1 atom stereocenters. The van der Waals surface area contributed by atoms with Gasteiger partial charge in [-0.3, -0.25) is 4.79 Å². The van der Waals surface area contributed by atoms with Crippen molar-refractivity contribution >= 4 is 29.4 Å². The summed E-state index contributed by atoms with van der Waals surface area (Å²) in [6.07, 6.45) is 9.57. The highest BCUT2D eigenvalue weighted by atomic mass is 19.3. The maximum atomic E-state index is 14.1.